The highest BCUT2D eigenvalue weighted by Crippen LogP contribution is 2.65. The van der Waals surface area contributed by atoms with Gasteiger partial charge in [0.2, 0.25) is 0 Å². The second-order valence-corrected chi connectivity index (χ2v) is 15.9. The molecule has 0 amide bonds. The first-order valence-electron chi connectivity index (χ1n) is 20.0. The van der Waals surface area contributed by atoms with E-state index < -0.39 is 5.41 Å². The molecule has 0 aromatic heterocycles. The van der Waals surface area contributed by atoms with E-state index in [1.54, 1.807) is 0 Å². The Balaban J connectivity index is 1.12. The molecule has 0 heterocycles. The molecule has 13 rings (SSSR count). The summed E-state index contributed by atoms with van der Waals surface area (Å²) in [5, 5.41) is 12.9. The zero-order valence-electron chi connectivity index (χ0n) is 31.1. The lowest BCUT2D eigenvalue weighted by atomic mass is 9.69. The van der Waals surface area contributed by atoms with E-state index in [0.717, 1.165) is 0 Å². The molecule has 0 saturated carbocycles. The lowest BCUT2D eigenvalue weighted by molar-refractivity contribution is 0.803. The maximum Gasteiger partial charge on any atom is 0.0731 e. The number of fused-ring (bicyclic) bond motifs is 19. The van der Waals surface area contributed by atoms with Crippen molar-refractivity contribution in [2.24, 2.45) is 0 Å². The second kappa shape index (κ2) is 11.4. The highest BCUT2D eigenvalue weighted by Gasteiger charge is 2.53. The zero-order valence-corrected chi connectivity index (χ0v) is 31.1. The Morgan fingerprint density at radius 2 is 0.754 bits per heavy atom. The van der Waals surface area contributed by atoms with Crippen LogP contribution in [0.1, 0.15) is 22.3 Å². The van der Waals surface area contributed by atoms with Gasteiger partial charge in [-0.3, -0.25) is 0 Å². The van der Waals surface area contributed by atoms with Crippen LogP contribution in [0.2, 0.25) is 0 Å². The molecule has 0 atom stereocenters. The molecule has 262 valence electrons. The molecule has 11 aromatic rings. The van der Waals surface area contributed by atoms with Crippen molar-refractivity contribution in [3.05, 3.63) is 229 Å². The number of hydrogen-bond acceptors (Lipinski definition) is 0. The highest BCUT2D eigenvalue weighted by molar-refractivity contribution is 6.21. The summed E-state index contributed by atoms with van der Waals surface area (Å²) >= 11 is 0. The van der Waals surface area contributed by atoms with Gasteiger partial charge >= 0.3 is 0 Å². The lowest BCUT2D eigenvalue weighted by Gasteiger charge is -2.32. The van der Waals surface area contributed by atoms with Gasteiger partial charge in [-0.15, -0.1) is 0 Å². The standard InChI is InChI=1S/C57H34/c1-2-16-39-36(15-1)33-50(45-22-6-5-18-41(39)45)42-19-4-3-17-40(42)37-30-29-35-32-51-54(34-38(35)31-37)57(52-27-13-11-23-46(52)47-24-12-14-28-53(47)57)56-49-26-10-8-21-44(49)43-20-7-9-25-48(43)55(51)56/h1-34H. The van der Waals surface area contributed by atoms with Gasteiger partial charge in [-0.25, -0.2) is 0 Å². The van der Waals surface area contributed by atoms with Gasteiger partial charge in [0, 0.05) is 0 Å². The number of hydrogen-bond donors (Lipinski definition) is 0. The van der Waals surface area contributed by atoms with Gasteiger partial charge in [-0.2, -0.15) is 0 Å². The Bertz CT molecular complexity index is 3480. The fourth-order valence-electron chi connectivity index (χ4n) is 11.0. The van der Waals surface area contributed by atoms with E-state index in [2.05, 4.69) is 206 Å². The first kappa shape index (κ1) is 31.0. The smallest absolute Gasteiger partial charge is 0.0619 e. The Labute approximate surface area is 330 Å². The van der Waals surface area contributed by atoms with Gasteiger partial charge in [0.15, 0.2) is 0 Å². The molecule has 57 heavy (non-hydrogen) atoms. The van der Waals surface area contributed by atoms with Crippen LogP contribution in [0, 0.1) is 0 Å². The fraction of sp³-hybridized carbons (Fsp3) is 0.0175. The van der Waals surface area contributed by atoms with Gasteiger partial charge in [0.1, 0.15) is 0 Å². The summed E-state index contributed by atoms with van der Waals surface area (Å²) in [5.74, 6) is 0. The Kier molecular flexibility index (Phi) is 6.19. The van der Waals surface area contributed by atoms with Crippen LogP contribution in [0.25, 0.3) is 98.4 Å². The Hall–Kier alpha value is -7.28. The third kappa shape index (κ3) is 4.02. The maximum absolute atomic E-state index is 2.55. The predicted octanol–water partition coefficient (Wildman–Crippen LogP) is 15.1. The van der Waals surface area contributed by atoms with Gasteiger partial charge < -0.3 is 0 Å². The van der Waals surface area contributed by atoms with E-state index >= 15 is 0 Å². The largest absolute Gasteiger partial charge is 0.0731 e. The van der Waals surface area contributed by atoms with Crippen LogP contribution >= 0.6 is 0 Å². The van der Waals surface area contributed by atoms with Gasteiger partial charge in [0.05, 0.1) is 5.41 Å². The molecule has 0 radical (unpaired) electrons. The first-order chi connectivity index (χ1) is 28.3. The summed E-state index contributed by atoms with van der Waals surface area (Å²) in [4.78, 5) is 0. The molecule has 0 fully saturated rings. The molecule has 2 aliphatic carbocycles. The molecule has 0 unspecified atom stereocenters. The van der Waals surface area contributed by atoms with E-state index in [0.29, 0.717) is 0 Å². The molecule has 0 saturated heterocycles. The van der Waals surface area contributed by atoms with Crippen molar-refractivity contribution in [1.82, 2.24) is 0 Å². The van der Waals surface area contributed by atoms with Crippen LogP contribution < -0.4 is 0 Å². The Morgan fingerprint density at radius 1 is 0.246 bits per heavy atom. The summed E-state index contributed by atoms with van der Waals surface area (Å²) in [6.45, 7) is 0. The second-order valence-electron chi connectivity index (χ2n) is 15.9. The predicted molar refractivity (Wildman–Crippen MR) is 241 cm³/mol. The van der Waals surface area contributed by atoms with Gasteiger partial charge in [-0.1, -0.05) is 182 Å². The summed E-state index contributed by atoms with van der Waals surface area (Å²) in [6.07, 6.45) is 0. The van der Waals surface area contributed by atoms with Crippen molar-refractivity contribution < 1.29 is 0 Å². The van der Waals surface area contributed by atoms with Crippen molar-refractivity contribution in [2.45, 2.75) is 5.41 Å². The van der Waals surface area contributed by atoms with Crippen LogP contribution in [0.5, 0.6) is 0 Å². The van der Waals surface area contributed by atoms with E-state index in [9.17, 15) is 0 Å². The van der Waals surface area contributed by atoms with Crippen LogP contribution in [-0.4, -0.2) is 0 Å². The number of rotatable bonds is 2. The molecule has 11 aromatic carbocycles. The maximum atomic E-state index is 2.55. The van der Waals surface area contributed by atoms with Crippen LogP contribution in [-0.2, 0) is 5.41 Å². The zero-order chi connectivity index (χ0) is 37.2. The van der Waals surface area contributed by atoms with Gasteiger partial charge in [-0.05, 0) is 145 Å². The minimum Gasteiger partial charge on any atom is -0.0619 e. The molecule has 0 nitrogen and oxygen atoms in total. The number of benzene rings is 11. The van der Waals surface area contributed by atoms with Crippen molar-refractivity contribution in [2.75, 3.05) is 0 Å². The average molecular weight is 719 g/mol. The average Bonchev–Trinajstić information content (AvgIpc) is 3.75. The van der Waals surface area contributed by atoms with Crippen molar-refractivity contribution in [3.8, 4) is 44.5 Å². The SMILES string of the molecule is c1ccc(-c2cc3ccccc3c3ccccc23)c(-c2ccc3cc4c(cc3c2)C2(c3ccccc3-c3ccccc32)c2c-4c3ccccc3c3ccccc23)c1. The molecule has 2 aliphatic rings. The molecule has 0 N–H and O–H groups in total. The monoisotopic (exact) mass is 718 g/mol. The quantitative estimate of drug-likeness (QED) is 0.156. The van der Waals surface area contributed by atoms with E-state index in [4.69, 9.17) is 0 Å². The molecule has 0 aliphatic heterocycles. The van der Waals surface area contributed by atoms with E-state index in [-0.39, 0.29) is 0 Å². The van der Waals surface area contributed by atoms with E-state index in [1.165, 1.54) is 121 Å². The third-order valence-electron chi connectivity index (χ3n) is 13.2. The normalized spacial score (nSPS) is 13.4. The summed E-state index contributed by atoms with van der Waals surface area (Å²) in [5.41, 5.74) is 15.4. The van der Waals surface area contributed by atoms with Gasteiger partial charge in [0.25, 0.3) is 0 Å². The lowest BCUT2D eigenvalue weighted by Crippen LogP contribution is -2.26. The molecular formula is C57H34. The summed E-state index contributed by atoms with van der Waals surface area (Å²) < 4.78 is 0. The molecule has 1 spiro atoms. The molecule has 0 bridgehead atoms. The minimum absolute atomic E-state index is 0.465. The summed E-state index contributed by atoms with van der Waals surface area (Å²) in [7, 11) is 0. The Morgan fingerprint density at radius 3 is 1.47 bits per heavy atom. The van der Waals surface area contributed by atoms with Crippen LogP contribution in [0.4, 0.5) is 0 Å². The highest BCUT2D eigenvalue weighted by atomic mass is 14.5. The molecular weight excluding hydrogens is 685 g/mol. The fourth-order valence-corrected chi connectivity index (χ4v) is 11.0. The van der Waals surface area contributed by atoms with Crippen molar-refractivity contribution in [3.63, 3.8) is 0 Å². The molecule has 0 heteroatoms. The van der Waals surface area contributed by atoms with Crippen LogP contribution in [0.15, 0.2) is 206 Å². The topological polar surface area (TPSA) is 0 Å². The minimum atomic E-state index is -0.465. The van der Waals surface area contributed by atoms with Crippen molar-refractivity contribution >= 4 is 53.9 Å². The van der Waals surface area contributed by atoms with E-state index in [1.807, 2.05) is 0 Å². The van der Waals surface area contributed by atoms with Crippen LogP contribution in [0.3, 0.4) is 0 Å². The van der Waals surface area contributed by atoms with Crippen molar-refractivity contribution in [1.29, 1.82) is 0 Å². The summed E-state index contributed by atoms with van der Waals surface area (Å²) in [6, 6.07) is 77.6. The third-order valence-corrected chi connectivity index (χ3v) is 13.2. The first-order valence-corrected chi connectivity index (χ1v) is 20.0.